The number of sulfonamides is 1. The van der Waals surface area contributed by atoms with Crippen molar-refractivity contribution in [3.8, 4) is 6.07 Å². The monoisotopic (exact) mass is 360 g/mol. The van der Waals surface area contributed by atoms with Crippen LogP contribution in [0.1, 0.15) is 5.56 Å². The van der Waals surface area contributed by atoms with Gasteiger partial charge in [0.1, 0.15) is 11.0 Å². The van der Waals surface area contributed by atoms with Crippen LogP contribution in [0.25, 0.3) is 0 Å². The SMILES string of the molecule is N#Cc1ccc(Cl)cc1NS(=O)(=O)c1cccc(Cl)c1Cl. The molecule has 0 atom stereocenters. The van der Waals surface area contributed by atoms with Crippen LogP contribution in [0.2, 0.25) is 15.1 Å². The molecule has 2 rings (SSSR count). The van der Waals surface area contributed by atoms with E-state index in [9.17, 15) is 8.42 Å². The highest BCUT2D eigenvalue weighted by molar-refractivity contribution is 7.92. The molecule has 4 nitrogen and oxygen atoms in total. The third-order valence-electron chi connectivity index (χ3n) is 2.55. The summed E-state index contributed by atoms with van der Waals surface area (Å²) in [5, 5.41) is 9.32. The number of rotatable bonds is 3. The van der Waals surface area contributed by atoms with Gasteiger partial charge in [0, 0.05) is 5.02 Å². The zero-order valence-corrected chi connectivity index (χ0v) is 13.4. The molecule has 0 bridgehead atoms. The summed E-state index contributed by atoms with van der Waals surface area (Å²) >= 11 is 17.5. The summed E-state index contributed by atoms with van der Waals surface area (Å²) in [6, 6.07) is 10.4. The van der Waals surface area contributed by atoms with Gasteiger partial charge < -0.3 is 0 Å². The van der Waals surface area contributed by atoms with Gasteiger partial charge in [-0.3, -0.25) is 4.72 Å². The van der Waals surface area contributed by atoms with Crippen LogP contribution in [0.5, 0.6) is 0 Å². The molecule has 21 heavy (non-hydrogen) atoms. The average molecular weight is 362 g/mol. The molecule has 0 unspecified atom stereocenters. The molecule has 0 spiro atoms. The summed E-state index contributed by atoms with van der Waals surface area (Å²) in [6.45, 7) is 0. The maximum atomic E-state index is 12.3. The summed E-state index contributed by atoms with van der Waals surface area (Å²) < 4.78 is 27.0. The van der Waals surface area contributed by atoms with E-state index in [0.29, 0.717) is 5.02 Å². The van der Waals surface area contributed by atoms with Gasteiger partial charge in [0.05, 0.1) is 21.3 Å². The van der Waals surface area contributed by atoms with Gasteiger partial charge in [-0.05, 0) is 30.3 Å². The van der Waals surface area contributed by atoms with E-state index in [2.05, 4.69) is 4.72 Å². The Morgan fingerprint density at radius 3 is 2.48 bits per heavy atom. The van der Waals surface area contributed by atoms with Crippen molar-refractivity contribution in [1.82, 2.24) is 0 Å². The Hall–Kier alpha value is -1.45. The molecule has 0 amide bonds. The third kappa shape index (κ3) is 3.42. The van der Waals surface area contributed by atoms with E-state index < -0.39 is 10.0 Å². The molecule has 108 valence electrons. The molecule has 0 saturated carbocycles. The minimum Gasteiger partial charge on any atom is -0.278 e. The molecule has 0 aliphatic rings. The molecule has 0 aromatic heterocycles. The van der Waals surface area contributed by atoms with Crippen LogP contribution in [0, 0.1) is 11.3 Å². The topological polar surface area (TPSA) is 70.0 Å². The van der Waals surface area contributed by atoms with Gasteiger partial charge >= 0.3 is 0 Å². The van der Waals surface area contributed by atoms with Crippen LogP contribution in [0.4, 0.5) is 5.69 Å². The van der Waals surface area contributed by atoms with E-state index in [-0.39, 0.29) is 26.2 Å². The van der Waals surface area contributed by atoms with Crippen molar-refractivity contribution < 1.29 is 8.42 Å². The summed E-state index contributed by atoms with van der Waals surface area (Å²) in [5.74, 6) is 0. The lowest BCUT2D eigenvalue weighted by Crippen LogP contribution is -2.14. The molecule has 0 fully saturated rings. The van der Waals surface area contributed by atoms with E-state index in [1.165, 1.54) is 36.4 Å². The summed E-state index contributed by atoms with van der Waals surface area (Å²) in [4.78, 5) is -0.180. The molecule has 1 N–H and O–H groups in total. The Labute approximate surface area is 136 Å². The van der Waals surface area contributed by atoms with Crippen molar-refractivity contribution in [2.75, 3.05) is 4.72 Å². The fourth-order valence-corrected chi connectivity index (χ4v) is 3.60. The fourth-order valence-electron chi connectivity index (χ4n) is 1.59. The molecule has 0 radical (unpaired) electrons. The number of halogens is 3. The van der Waals surface area contributed by atoms with Gasteiger partial charge in [0.25, 0.3) is 10.0 Å². The number of hydrogen-bond acceptors (Lipinski definition) is 3. The molecular weight excluding hydrogens is 355 g/mol. The summed E-state index contributed by atoms with van der Waals surface area (Å²) in [6.07, 6.45) is 0. The molecule has 2 aromatic carbocycles. The zero-order valence-electron chi connectivity index (χ0n) is 10.3. The molecule has 8 heteroatoms. The van der Waals surface area contributed by atoms with Crippen LogP contribution in [-0.2, 0) is 10.0 Å². The van der Waals surface area contributed by atoms with Crippen molar-refractivity contribution >= 4 is 50.5 Å². The van der Waals surface area contributed by atoms with E-state index in [4.69, 9.17) is 40.1 Å². The second-order valence-electron chi connectivity index (χ2n) is 3.96. The Bertz CT molecular complexity index is 845. The first-order valence-electron chi connectivity index (χ1n) is 5.51. The first kappa shape index (κ1) is 15.9. The van der Waals surface area contributed by atoms with Crippen molar-refractivity contribution in [1.29, 1.82) is 5.26 Å². The minimum absolute atomic E-state index is 0.0704. The minimum atomic E-state index is -3.99. The van der Waals surface area contributed by atoms with E-state index in [0.717, 1.165) is 0 Å². The van der Waals surface area contributed by atoms with E-state index in [1.54, 1.807) is 0 Å². The second kappa shape index (κ2) is 6.12. The normalized spacial score (nSPS) is 11.0. The summed E-state index contributed by atoms with van der Waals surface area (Å²) in [5.41, 5.74) is 0.210. The number of nitriles is 1. The van der Waals surface area contributed by atoms with Gasteiger partial charge in [-0.15, -0.1) is 0 Å². The number of benzene rings is 2. The zero-order chi connectivity index (χ0) is 15.6. The maximum absolute atomic E-state index is 12.3. The lowest BCUT2D eigenvalue weighted by atomic mass is 10.2. The van der Waals surface area contributed by atoms with Gasteiger partial charge in [-0.25, -0.2) is 8.42 Å². The quantitative estimate of drug-likeness (QED) is 0.885. The van der Waals surface area contributed by atoms with Crippen LogP contribution in [0.3, 0.4) is 0 Å². The van der Waals surface area contributed by atoms with Gasteiger partial charge in [-0.1, -0.05) is 40.9 Å². The highest BCUT2D eigenvalue weighted by atomic mass is 35.5. The fraction of sp³-hybridized carbons (Fsp3) is 0. The second-order valence-corrected chi connectivity index (χ2v) is 6.83. The Morgan fingerprint density at radius 1 is 1.10 bits per heavy atom. The highest BCUT2D eigenvalue weighted by Crippen LogP contribution is 2.31. The number of nitrogens with zero attached hydrogens (tertiary/aromatic N) is 1. The molecular formula is C13H7Cl3N2O2S. The van der Waals surface area contributed by atoms with Gasteiger partial charge in [0.15, 0.2) is 0 Å². The Morgan fingerprint density at radius 2 is 1.81 bits per heavy atom. The van der Waals surface area contributed by atoms with Crippen molar-refractivity contribution in [2.24, 2.45) is 0 Å². The van der Waals surface area contributed by atoms with E-state index in [1.807, 2.05) is 6.07 Å². The first-order valence-corrected chi connectivity index (χ1v) is 8.13. The Balaban J connectivity index is 2.50. The van der Waals surface area contributed by atoms with Crippen molar-refractivity contribution in [3.05, 3.63) is 57.0 Å². The van der Waals surface area contributed by atoms with Crippen LogP contribution in [-0.4, -0.2) is 8.42 Å². The number of hydrogen-bond donors (Lipinski definition) is 1. The van der Waals surface area contributed by atoms with Crippen molar-refractivity contribution in [3.63, 3.8) is 0 Å². The average Bonchev–Trinajstić information content (AvgIpc) is 2.41. The lowest BCUT2D eigenvalue weighted by molar-refractivity contribution is 0.601. The van der Waals surface area contributed by atoms with Crippen LogP contribution < -0.4 is 4.72 Å². The highest BCUT2D eigenvalue weighted by Gasteiger charge is 2.21. The molecule has 0 aliphatic heterocycles. The van der Waals surface area contributed by atoms with Gasteiger partial charge in [0.2, 0.25) is 0 Å². The number of anilines is 1. The van der Waals surface area contributed by atoms with Crippen LogP contribution >= 0.6 is 34.8 Å². The van der Waals surface area contributed by atoms with Crippen LogP contribution in [0.15, 0.2) is 41.3 Å². The molecule has 0 heterocycles. The van der Waals surface area contributed by atoms with Crippen molar-refractivity contribution in [2.45, 2.75) is 4.90 Å². The Kier molecular flexibility index (Phi) is 4.64. The molecule has 0 aliphatic carbocycles. The largest absolute Gasteiger partial charge is 0.278 e. The molecule has 2 aromatic rings. The standard InChI is InChI=1S/C13H7Cl3N2O2S/c14-9-5-4-8(7-17)11(6-9)18-21(19,20)12-3-1-2-10(15)13(12)16/h1-6,18H. The lowest BCUT2D eigenvalue weighted by Gasteiger charge is -2.11. The first-order chi connectivity index (χ1) is 9.85. The predicted octanol–water partition coefficient (Wildman–Crippen LogP) is 4.32. The molecule has 0 saturated heterocycles. The predicted molar refractivity (Wildman–Crippen MR) is 83.4 cm³/mol. The third-order valence-corrected chi connectivity index (χ3v) is 5.13. The maximum Gasteiger partial charge on any atom is 0.263 e. The van der Waals surface area contributed by atoms with Gasteiger partial charge in [-0.2, -0.15) is 5.26 Å². The smallest absolute Gasteiger partial charge is 0.263 e. The number of nitrogens with one attached hydrogen (secondary N) is 1. The van der Waals surface area contributed by atoms with E-state index >= 15 is 0 Å². The summed E-state index contributed by atoms with van der Waals surface area (Å²) in [7, 11) is -3.99.